The first-order chi connectivity index (χ1) is 16.4. The Morgan fingerprint density at radius 3 is 2.32 bits per heavy atom. The number of amides is 1. The third kappa shape index (κ3) is 5.63. The van der Waals surface area contributed by atoms with E-state index >= 15 is 0 Å². The monoisotopic (exact) mass is 462 g/mol. The largest absolute Gasteiger partial charge is 0.496 e. The maximum absolute atomic E-state index is 12.0. The van der Waals surface area contributed by atoms with Gasteiger partial charge in [0.15, 0.2) is 0 Å². The van der Waals surface area contributed by atoms with Gasteiger partial charge in [-0.3, -0.25) is 14.6 Å². The van der Waals surface area contributed by atoms with E-state index in [1.165, 1.54) is 5.56 Å². The summed E-state index contributed by atoms with van der Waals surface area (Å²) in [5.41, 5.74) is 7.71. The Labute approximate surface area is 201 Å². The number of nitrogens with one attached hydrogen (secondary N) is 1. The van der Waals surface area contributed by atoms with Crippen molar-refractivity contribution in [3.8, 4) is 5.75 Å². The molecule has 1 aromatic heterocycles. The molecule has 180 valence electrons. The molecule has 1 aliphatic rings. The molecule has 0 bridgehead atoms. The van der Waals surface area contributed by atoms with Gasteiger partial charge in [0.1, 0.15) is 23.4 Å². The van der Waals surface area contributed by atoms with E-state index < -0.39 is 6.04 Å². The van der Waals surface area contributed by atoms with Crippen LogP contribution in [-0.2, 0) is 17.9 Å². The molecule has 4 rings (SSSR count). The standard InChI is InChI=1S/C26H34N6O2/c1-18(2)24(25(27)33)30-26-20-9-5-6-10-21(20)28-23(29-26)17-32-14-12-31(13-15-32)16-19-8-4-7-11-22(19)34-3/h4-11,18,24H,12-17H2,1-3H3,(H2,27,33)(H,28,29,30). The minimum absolute atomic E-state index is 0.0472. The van der Waals surface area contributed by atoms with Crippen LogP contribution < -0.4 is 15.8 Å². The summed E-state index contributed by atoms with van der Waals surface area (Å²) in [6.07, 6.45) is 0. The highest BCUT2D eigenvalue weighted by molar-refractivity contribution is 5.91. The summed E-state index contributed by atoms with van der Waals surface area (Å²) in [5.74, 6) is 2.00. The fourth-order valence-electron chi connectivity index (χ4n) is 4.40. The minimum Gasteiger partial charge on any atom is -0.496 e. The van der Waals surface area contributed by atoms with Crippen LogP contribution in [0.1, 0.15) is 25.2 Å². The van der Waals surface area contributed by atoms with Crippen molar-refractivity contribution in [2.75, 3.05) is 38.6 Å². The number of methoxy groups -OCH3 is 1. The number of nitrogens with zero attached hydrogens (tertiary/aromatic N) is 4. The van der Waals surface area contributed by atoms with Crippen molar-refractivity contribution in [2.24, 2.45) is 11.7 Å². The molecule has 3 N–H and O–H groups in total. The Balaban J connectivity index is 1.45. The predicted octanol–water partition coefficient (Wildman–Crippen LogP) is 2.88. The van der Waals surface area contributed by atoms with Crippen LogP contribution in [0.3, 0.4) is 0 Å². The molecule has 0 aliphatic carbocycles. The van der Waals surface area contributed by atoms with E-state index in [-0.39, 0.29) is 11.8 Å². The predicted molar refractivity (Wildman–Crippen MR) is 135 cm³/mol. The number of fused-ring (bicyclic) bond motifs is 1. The lowest BCUT2D eigenvalue weighted by molar-refractivity contribution is -0.119. The first-order valence-corrected chi connectivity index (χ1v) is 11.8. The Bertz CT molecular complexity index is 1130. The smallest absolute Gasteiger partial charge is 0.240 e. The molecule has 8 heteroatoms. The number of anilines is 1. The molecule has 0 spiro atoms. The minimum atomic E-state index is -0.496. The third-order valence-electron chi connectivity index (χ3n) is 6.33. The van der Waals surface area contributed by atoms with Crippen molar-refractivity contribution in [1.82, 2.24) is 19.8 Å². The second kappa shape index (κ2) is 10.8. The highest BCUT2D eigenvalue weighted by atomic mass is 16.5. The lowest BCUT2D eigenvalue weighted by Crippen LogP contribution is -2.45. The first-order valence-electron chi connectivity index (χ1n) is 11.8. The van der Waals surface area contributed by atoms with Crippen LogP contribution in [0.4, 0.5) is 5.82 Å². The third-order valence-corrected chi connectivity index (χ3v) is 6.33. The molecule has 2 heterocycles. The number of benzene rings is 2. The van der Waals surface area contributed by atoms with Crippen molar-refractivity contribution < 1.29 is 9.53 Å². The van der Waals surface area contributed by atoms with Gasteiger partial charge in [-0.15, -0.1) is 0 Å². The number of rotatable bonds is 9. The average Bonchev–Trinajstić information content (AvgIpc) is 2.83. The molecule has 3 aromatic rings. The van der Waals surface area contributed by atoms with E-state index in [2.05, 4.69) is 27.2 Å². The van der Waals surface area contributed by atoms with Crippen LogP contribution in [0.5, 0.6) is 5.75 Å². The summed E-state index contributed by atoms with van der Waals surface area (Å²) < 4.78 is 5.50. The number of carbonyl (C=O) groups is 1. The maximum Gasteiger partial charge on any atom is 0.240 e. The second-order valence-electron chi connectivity index (χ2n) is 9.14. The van der Waals surface area contributed by atoms with Crippen molar-refractivity contribution in [3.63, 3.8) is 0 Å². The molecule has 1 amide bonds. The summed E-state index contributed by atoms with van der Waals surface area (Å²) >= 11 is 0. The highest BCUT2D eigenvalue weighted by Gasteiger charge is 2.23. The summed E-state index contributed by atoms with van der Waals surface area (Å²) in [6, 6.07) is 15.6. The highest BCUT2D eigenvalue weighted by Crippen LogP contribution is 2.24. The number of primary amides is 1. The van der Waals surface area contributed by atoms with Gasteiger partial charge in [-0.05, 0) is 24.1 Å². The topological polar surface area (TPSA) is 96.6 Å². The van der Waals surface area contributed by atoms with Gasteiger partial charge in [0.2, 0.25) is 5.91 Å². The molecule has 1 atom stereocenters. The van der Waals surface area contributed by atoms with Crippen molar-refractivity contribution in [3.05, 3.63) is 59.9 Å². The van der Waals surface area contributed by atoms with Crippen LogP contribution in [0.2, 0.25) is 0 Å². The lowest BCUT2D eigenvalue weighted by atomic mass is 10.0. The fourth-order valence-corrected chi connectivity index (χ4v) is 4.40. The second-order valence-corrected chi connectivity index (χ2v) is 9.14. The van der Waals surface area contributed by atoms with E-state index in [0.29, 0.717) is 12.4 Å². The molecule has 2 aromatic carbocycles. The Morgan fingerprint density at radius 1 is 1.00 bits per heavy atom. The van der Waals surface area contributed by atoms with E-state index in [4.69, 9.17) is 20.4 Å². The van der Waals surface area contributed by atoms with Gasteiger partial charge in [-0.1, -0.05) is 44.2 Å². The number of hydrogen-bond donors (Lipinski definition) is 2. The molecule has 1 saturated heterocycles. The fraction of sp³-hybridized carbons (Fsp3) is 0.423. The maximum atomic E-state index is 12.0. The molecule has 1 aliphatic heterocycles. The zero-order chi connectivity index (χ0) is 24.1. The number of nitrogens with two attached hydrogens (primary N) is 1. The van der Waals surface area contributed by atoms with Crippen molar-refractivity contribution in [1.29, 1.82) is 0 Å². The lowest BCUT2D eigenvalue weighted by Gasteiger charge is -2.34. The number of piperazine rings is 1. The van der Waals surface area contributed by atoms with E-state index in [1.54, 1.807) is 7.11 Å². The normalized spacial score (nSPS) is 16.0. The number of hydrogen-bond acceptors (Lipinski definition) is 7. The van der Waals surface area contributed by atoms with Crippen LogP contribution in [0.15, 0.2) is 48.5 Å². The van der Waals surface area contributed by atoms with E-state index in [9.17, 15) is 4.79 Å². The zero-order valence-electron chi connectivity index (χ0n) is 20.2. The molecule has 1 fully saturated rings. The Kier molecular flexibility index (Phi) is 7.59. The first kappa shape index (κ1) is 23.9. The van der Waals surface area contributed by atoms with Crippen LogP contribution in [0, 0.1) is 5.92 Å². The summed E-state index contributed by atoms with van der Waals surface area (Å²) in [7, 11) is 1.72. The molecule has 34 heavy (non-hydrogen) atoms. The van der Waals surface area contributed by atoms with E-state index in [0.717, 1.165) is 55.2 Å². The van der Waals surface area contributed by atoms with Gasteiger partial charge in [0.25, 0.3) is 0 Å². The van der Waals surface area contributed by atoms with Gasteiger partial charge >= 0.3 is 0 Å². The average molecular weight is 463 g/mol. The van der Waals surface area contributed by atoms with Crippen LogP contribution >= 0.6 is 0 Å². The Morgan fingerprint density at radius 2 is 1.65 bits per heavy atom. The summed E-state index contributed by atoms with van der Waals surface area (Å²) in [5, 5.41) is 4.17. The summed E-state index contributed by atoms with van der Waals surface area (Å²) in [6.45, 7) is 9.27. The van der Waals surface area contributed by atoms with Gasteiger partial charge in [0.05, 0.1) is 19.2 Å². The van der Waals surface area contributed by atoms with Gasteiger partial charge < -0.3 is 15.8 Å². The number of ether oxygens (including phenoxy) is 1. The number of para-hydroxylation sites is 2. The molecular formula is C26H34N6O2. The molecule has 8 nitrogen and oxygen atoms in total. The van der Waals surface area contributed by atoms with Gasteiger partial charge in [-0.25, -0.2) is 9.97 Å². The SMILES string of the molecule is COc1ccccc1CN1CCN(Cc2nc(NC(C(N)=O)C(C)C)c3ccccc3n2)CC1. The van der Waals surface area contributed by atoms with Crippen molar-refractivity contribution in [2.45, 2.75) is 33.0 Å². The number of aromatic nitrogens is 2. The summed E-state index contributed by atoms with van der Waals surface area (Å²) in [4.78, 5) is 26.4. The quantitative estimate of drug-likeness (QED) is 0.505. The number of carbonyl (C=O) groups excluding carboxylic acids is 1. The van der Waals surface area contributed by atoms with Crippen LogP contribution in [0.25, 0.3) is 10.9 Å². The molecular weight excluding hydrogens is 428 g/mol. The van der Waals surface area contributed by atoms with E-state index in [1.807, 2.05) is 50.2 Å². The molecule has 0 radical (unpaired) electrons. The van der Waals surface area contributed by atoms with Crippen molar-refractivity contribution >= 4 is 22.6 Å². The van der Waals surface area contributed by atoms with Gasteiger partial charge in [0, 0.05) is 43.7 Å². The van der Waals surface area contributed by atoms with Crippen LogP contribution in [-0.4, -0.2) is 65.0 Å². The Hall–Kier alpha value is -3.23. The van der Waals surface area contributed by atoms with Gasteiger partial charge in [-0.2, -0.15) is 0 Å². The zero-order valence-corrected chi connectivity index (χ0v) is 20.2. The molecule has 0 saturated carbocycles. The molecule has 1 unspecified atom stereocenters.